The second-order valence-electron chi connectivity index (χ2n) is 4.59. The molecule has 0 amide bonds. The molecule has 0 saturated heterocycles. The number of benzene rings is 1. The second kappa shape index (κ2) is 6.55. The van der Waals surface area contributed by atoms with Crippen molar-refractivity contribution in [1.82, 2.24) is 0 Å². The minimum Gasteiger partial charge on any atom is -0.488 e. The zero-order valence-electron chi connectivity index (χ0n) is 11.2. The fourth-order valence-corrected chi connectivity index (χ4v) is 3.55. The summed E-state index contributed by atoms with van der Waals surface area (Å²) in [6.07, 6.45) is 0.916. The molecular weight excluding hydrogens is 322 g/mol. The van der Waals surface area contributed by atoms with Gasteiger partial charge in [0.05, 0.1) is 3.79 Å². The topological polar surface area (TPSA) is 35.2 Å². The fraction of sp³-hybridized carbons (Fsp3) is 0.333. The predicted octanol–water partition coefficient (Wildman–Crippen LogP) is 4.21. The molecule has 0 atom stereocenters. The van der Waals surface area contributed by atoms with Crippen LogP contribution in [0.15, 0.2) is 28.1 Å². The van der Waals surface area contributed by atoms with Crippen LogP contribution in [0.5, 0.6) is 5.75 Å². The molecule has 0 saturated carbocycles. The molecule has 1 heterocycles. The average molecular weight is 340 g/mol. The van der Waals surface area contributed by atoms with E-state index in [9.17, 15) is 0 Å². The Bertz CT molecular complexity index is 542. The molecule has 0 unspecified atom stereocenters. The lowest BCUT2D eigenvalue weighted by Crippen LogP contribution is -2.04. The summed E-state index contributed by atoms with van der Waals surface area (Å²) in [6, 6.07) is 8.47. The van der Waals surface area contributed by atoms with Crippen molar-refractivity contribution in [3.05, 3.63) is 49.6 Å². The molecule has 2 rings (SSSR count). The van der Waals surface area contributed by atoms with E-state index < -0.39 is 0 Å². The number of thiophene rings is 1. The van der Waals surface area contributed by atoms with E-state index >= 15 is 0 Å². The number of aryl methyl sites for hydroxylation is 2. The minimum absolute atomic E-state index is 0.619. The van der Waals surface area contributed by atoms with Gasteiger partial charge in [-0.3, -0.25) is 0 Å². The average Bonchev–Trinajstić information content (AvgIpc) is 2.74. The molecule has 2 aromatic rings. The highest BCUT2D eigenvalue weighted by atomic mass is 79.9. The molecule has 0 radical (unpaired) electrons. The lowest BCUT2D eigenvalue weighted by Gasteiger charge is -2.13. The maximum atomic E-state index is 5.96. The lowest BCUT2D eigenvalue weighted by molar-refractivity contribution is 0.305. The molecule has 2 nitrogen and oxygen atoms in total. The SMILES string of the molecule is Cc1cc(CCN)cc(C)c1OCc1ccc(Br)s1. The van der Waals surface area contributed by atoms with Crippen molar-refractivity contribution in [2.75, 3.05) is 6.54 Å². The van der Waals surface area contributed by atoms with Gasteiger partial charge in [-0.05, 0) is 71.6 Å². The Morgan fingerprint density at radius 1 is 1.21 bits per heavy atom. The van der Waals surface area contributed by atoms with Crippen LogP contribution in [-0.4, -0.2) is 6.54 Å². The monoisotopic (exact) mass is 339 g/mol. The summed E-state index contributed by atoms with van der Waals surface area (Å²) >= 11 is 5.17. The first-order chi connectivity index (χ1) is 9.10. The quantitative estimate of drug-likeness (QED) is 0.885. The van der Waals surface area contributed by atoms with Crippen LogP contribution in [0.25, 0.3) is 0 Å². The normalized spacial score (nSPS) is 10.7. The van der Waals surface area contributed by atoms with Gasteiger partial charge in [-0.25, -0.2) is 0 Å². The van der Waals surface area contributed by atoms with Gasteiger partial charge in [0.1, 0.15) is 12.4 Å². The molecule has 0 bridgehead atoms. The first-order valence-corrected chi connectivity index (χ1v) is 7.88. The summed E-state index contributed by atoms with van der Waals surface area (Å²) in [4.78, 5) is 1.22. The maximum Gasteiger partial charge on any atom is 0.125 e. The van der Waals surface area contributed by atoms with E-state index in [1.54, 1.807) is 11.3 Å². The van der Waals surface area contributed by atoms with Gasteiger partial charge in [-0.1, -0.05) is 12.1 Å². The van der Waals surface area contributed by atoms with Crippen molar-refractivity contribution < 1.29 is 4.74 Å². The van der Waals surface area contributed by atoms with Crippen LogP contribution in [0.3, 0.4) is 0 Å². The standard InChI is InChI=1S/C15H18BrNOS/c1-10-7-12(5-6-17)8-11(2)15(10)18-9-13-3-4-14(16)19-13/h3-4,7-8H,5-6,9,17H2,1-2H3. The van der Waals surface area contributed by atoms with Gasteiger partial charge < -0.3 is 10.5 Å². The molecule has 0 aliphatic rings. The van der Waals surface area contributed by atoms with Crippen molar-refractivity contribution in [2.24, 2.45) is 5.73 Å². The molecule has 102 valence electrons. The van der Waals surface area contributed by atoms with E-state index in [-0.39, 0.29) is 0 Å². The Labute approximate surface area is 126 Å². The van der Waals surface area contributed by atoms with E-state index in [0.717, 1.165) is 16.0 Å². The van der Waals surface area contributed by atoms with Gasteiger partial charge in [0.15, 0.2) is 0 Å². The number of halogens is 1. The highest BCUT2D eigenvalue weighted by Crippen LogP contribution is 2.28. The summed E-state index contributed by atoms with van der Waals surface area (Å²) in [5.74, 6) is 0.991. The van der Waals surface area contributed by atoms with Gasteiger partial charge >= 0.3 is 0 Å². The van der Waals surface area contributed by atoms with E-state index in [1.807, 2.05) is 6.07 Å². The van der Waals surface area contributed by atoms with Gasteiger partial charge in [0.2, 0.25) is 0 Å². The van der Waals surface area contributed by atoms with Gasteiger partial charge in [-0.15, -0.1) is 11.3 Å². The maximum absolute atomic E-state index is 5.96. The van der Waals surface area contributed by atoms with Crippen LogP contribution in [0, 0.1) is 13.8 Å². The molecule has 1 aromatic heterocycles. The Hall–Kier alpha value is -0.840. The van der Waals surface area contributed by atoms with Crippen LogP contribution < -0.4 is 10.5 Å². The summed E-state index contributed by atoms with van der Waals surface area (Å²) < 4.78 is 7.10. The fourth-order valence-electron chi connectivity index (χ4n) is 2.15. The van der Waals surface area contributed by atoms with Gasteiger partial charge in [-0.2, -0.15) is 0 Å². The zero-order valence-corrected chi connectivity index (χ0v) is 13.6. The number of nitrogens with two attached hydrogens (primary N) is 1. The van der Waals surface area contributed by atoms with E-state index in [1.165, 1.54) is 21.6 Å². The number of rotatable bonds is 5. The van der Waals surface area contributed by atoms with Crippen LogP contribution in [0.1, 0.15) is 21.6 Å². The molecule has 0 fully saturated rings. The minimum atomic E-state index is 0.619. The van der Waals surface area contributed by atoms with Crippen LogP contribution in [-0.2, 0) is 13.0 Å². The summed E-state index contributed by atoms with van der Waals surface area (Å²) in [6.45, 7) is 5.48. The van der Waals surface area contributed by atoms with Crippen LogP contribution >= 0.6 is 27.3 Å². The number of hydrogen-bond acceptors (Lipinski definition) is 3. The summed E-state index contributed by atoms with van der Waals surface area (Å²) in [7, 11) is 0. The molecule has 0 spiro atoms. The molecule has 1 aromatic carbocycles. The summed E-state index contributed by atoms with van der Waals surface area (Å²) in [5, 5.41) is 0. The van der Waals surface area contributed by atoms with E-state index in [4.69, 9.17) is 10.5 Å². The van der Waals surface area contributed by atoms with Crippen LogP contribution in [0.4, 0.5) is 0 Å². The van der Waals surface area contributed by atoms with Crippen molar-refractivity contribution in [3.63, 3.8) is 0 Å². The van der Waals surface area contributed by atoms with Crippen LogP contribution in [0.2, 0.25) is 0 Å². The van der Waals surface area contributed by atoms with Crippen molar-refractivity contribution in [1.29, 1.82) is 0 Å². The highest BCUT2D eigenvalue weighted by molar-refractivity contribution is 9.11. The first-order valence-electron chi connectivity index (χ1n) is 6.27. The van der Waals surface area contributed by atoms with E-state index in [0.29, 0.717) is 13.2 Å². The van der Waals surface area contributed by atoms with Crippen molar-refractivity contribution in [3.8, 4) is 5.75 Å². The molecule has 4 heteroatoms. The first kappa shape index (κ1) is 14.6. The Kier molecular flexibility index (Phi) is 5.02. The highest BCUT2D eigenvalue weighted by Gasteiger charge is 2.07. The summed E-state index contributed by atoms with van der Waals surface area (Å²) in [5.41, 5.74) is 9.24. The smallest absolute Gasteiger partial charge is 0.125 e. The number of hydrogen-bond donors (Lipinski definition) is 1. The molecule has 2 N–H and O–H groups in total. The molecule has 0 aliphatic carbocycles. The lowest BCUT2D eigenvalue weighted by atomic mass is 10.0. The second-order valence-corrected chi connectivity index (χ2v) is 7.14. The van der Waals surface area contributed by atoms with E-state index in [2.05, 4.69) is 48.0 Å². The third-order valence-corrected chi connectivity index (χ3v) is 4.54. The Morgan fingerprint density at radius 3 is 2.42 bits per heavy atom. The Balaban J connectivity index is 2.11. The van der Waals surface area contributed by atoms with Crippen molar-refractivity contribution in [2.45, 2.75) is 26.9 Å². The van der Waals surface area contributed by atoms with Gasteiger partial charge in [0, 0.05) is 4.88 Å². The zero-order chi connectivity index (χ0) is 13.8. The van der Waals surface area contributed by atoms with Crippen molar-refractivity contribution >= 4 is 27.3 Å². The largest absolute Gasteiger partial charge is 0.488 e. The predicted molar refractivity (Wildman–Crippen MR) is 85.0 cm³/mol. The molecular formula is C15H18BrNOS. The van der Waals surface area contributed by atoms with Gasteiger partial charge in [0.25, 0.3) is 0 Å². The molecule has 0 aliphatic heterocycles. The third-order valence-electron chi connectivity index (χ3n) is 2.94. The third kappa shape index (κ3) is 3.81. The molecule has 19 heavy (non-hydrogen) atoms. The number of ether oxygens (including phenoxy) is 1. The Morgan fingerprint density at radius 2 is 1.89 bits per heavy atom.